The van der Waals surface area contributed by atoms with Crippen molar-refractivity contribution in [3.8, 4) is 0 Å². The van der Waals surface area contributed by atoms with Crippen LogP contribution in [-0.4, -0.2) is 40.0 Å². The van der Waals surface area contributed by atoms with Gasteiger partial charge in [0.25, 0.3) is 11.8 Å². The number of hydrogen-bond donors (Lipinski definition) is 3. The van der Waals surface area contributed by atoms with Crippen molar-refractivity contribution in [1.29, 1.82) is 0 Å². The number of hydrogen-bond acceptors (Lipinski definition) is 5. The monoisotopic (exact) mass is 503 g/mol. The molecule has 8 nitrogen and oxygen atoms in total. The first kappa shape index (κ1) is 24.7. The molecule has 0 spiro atoms. The van der Waals surface area contributed by atoms with Gasteiger partial charge in [0.15, 0.2) is 17.2 Å². The zero-order valence-corrected chi connectivity index (χ0v) is 20.9. The molecular weight excluding hydrogens is 473 g/mol. The van der Waals surface area contributed by atoms with Crippen molar-refractivity contribution >= 4 is 28.7 Å². The van der Waals surface area contributed by atoms with E-state index < -0.39 is 17.3 Å². The third-order valence-electron chi connectivity index (χ3n) is 6.74. The van der Waals surface area contributed by atoms with Crippen molar-refractivity contribution in [3.05, 3.63) is 82.9 Å². The van der Waals surface area contributed by atoms with E-state index in [2.05, 4.69) is 25.7 Å². The topological polar surface area (TPSA) is 103 Å². The molecule has 5 rings (SSSR count). The zero-order valence-electron chi connectivity index (χ0n) is 20.9. The molecule has 4 aromatic rings. The molecule has 3 N–H and O–H groups in total. The van der Waals surface area contributed by atoms with Crippen LogP contribution in [0.5, 0.6) is 0 Å². The summed E-state index contributed by atoms with van der Waals surface area (Å²) in [5.74, 6) is -1.05. The molecule has 9 heteroatoms. The van der Waals surface area contributed by atoms with Crippen molar-refractivity contribution < 1.29 is 18.4 Å². The summed E-state index contributed by atoms with van der Waals surface area (Å²) in [5.41, 5.74) is 1.76. The number of carbonyl (C=O) groups excluding carboxylic acids is 2. The van der Waals surface area contributed by atoms with Gasteiger partial charge in [-0.05, 0) is 63.5 Å². The van der Waals surface area contributed by atoms with Crippen molar-refractivity contribution in [2.45, 2.75) is 45.2 Å². The molecule has 0 unspecified atom stereocenters. The summed E-state index contributed by atoms with van der Waals surface area (Å²) in [6, 6.07) is 15.3. The minimum absolute atomic E-state index is 0.0191. The Bertz CT molecular complexity index is 1420. The third kappa shape index (κ3) is 5.41. The van der Waals surface area contributed by atoms with Gasteiger partial charge in [0.2, 0.25) is 0 Å². The lowest BCUT2D eigenvalue weighted by Crippen LogP contribution is -2.41. The number of benzene rings is 2. The minimum atomic E-state index is -0.974. The van der Waals surface area contributed by atoms with E-state index in [0.717, 1.165) is 19.6 Å². The Labute approximate surface area is 214 Å². The van der Waals surface area contributed by atoms with Gasteiger partial charge in [-0.2, -0.15) is 5.10 Å². The van der Waals surface area contributed by atoms with Crippen LogP contribution >= 0.6 is 0 Å². The standard InChI is InChI=1S/C28H30FN5O3/c1-28(2,20-8-4-5-9-21(20)29)31-27(36)23-16-22-24(37-23)25(33-32-22)30-26(35)19-12-10-18(11-13-19)17-34-14-6-3-7-15-34/h4-5,8-13,16H,3,6-7,14-15,17H2,1-2H3,(H,31,36)(H2,30,32,33,35). The van der Waals surface area contributed by atoms with Gasteiger partial charge in [0, 0.05) is 23.7 Å². The van der Waals surface area contributed by atoms with E-state index in [1.54, 1.807) is 44.2 Å². The number of fused-ring (bicyclic) bond motifs is 1. The van der Waals surface area contributed by atoms with E-state index in [4.69, 9.17) is 4.42 Å². The number of aromatic nitrogens is 2. The van der Waals surface area contributed by atoms with Crippen molar-refractivity contribution in [2.75, 3.05) is 18.4 Å². The number of likely N-dealkylation sites (tertiary alicyclic amines) is 1. The molecule has 192 valence electrons. The van der Waals surface area contributed by atoms with E-state index in [-0.39, 0.29) is 23.1 Å². The second-order valence-corrected chi connectivity index (χ2v) is 9.97. The Morgan fingerprint density at radius 1 is 1.05 bits per heavy atom. The van der Waals surface area contributed by atoms with Crippen molar-refractivity contribution in [2.24, 2.45) is 0 Å². The molecule has 0 aliphatic carbocycles. The largest absolute Gasteiger partial charge is 0.445 e. The van der Waals surface area contributed by atoms with Crippen molar-refractivity contribution in [1.82, 2.24) is 20.4 Å². The molecule has 1 aliphatic rings. The predicted molar refractivity (Wildman–Crippen MR) is 139 cm³/mol. The number of aromatic amines is 1. The molecule has 1 aliphatic heterocycles. The minimum Gasteiger partial charge on any atom is -0.445 e. The fourth-order valence-corrected chi connectivity index (χ4v) is 4.71. The maximum absolute atomic E-state index is 14.3. The molecule has 0 atom stereocenters. The molecule has 2 aromatic heterocycles. The predicted octanol–water partition coefficient (Wildman–Crippen LogP) is 5.20. The summed E-state index contributed by atoms with van der Waals surface area (Å²) in [5, 5.41) is 12.4. The van der Waals surface area contributed by atoms with E-state index in [9.17, 15) is 14.0 Å². The van der Waals surface area contributed by atoms with Gasteiger partial charge in [-0.1, -0.05) is 36.8 Å². The summed E-state index contributed by atoms with van der Waals surface area (Å²) in [4.78, 5) is 28.2. The number of anilines is 1. The number of H-pyrrole nitrogens is 1. The molecule has 0 radical (unpaired) electrons. The molecule has 1 fully saturated rings. The zero-order chi connectivity index (χ0) is 26.0. The van der Waals surface area contributed by atoms with Crippen LogP contribution in [0.3, 0.4) is 0 Å². The molecule has 3 heterocycles. The fourth-order valence-electron chi connectivity index (χ4n) is 4.71. The summed E-state index contributed by atoms with van der Waals surface area (Å²) >= 11 is 0. The van der Waals surface area contributed by atoms with Crippen molar-refractivity contribution in [3.63, 3.8) is 0 Å². The average Bonchev–Trinajstić information content (AvgIpc) is 3.47. The number of nitrogens with zero attached hydrogens (tertiary/aromatic N) is 2. The van der Waals surface area contributed by atoms with Gasteiger partial charge < -0.3 is 15.1 Å². The first-order valence-electron chi connectivity index (χ1n) is 12.5. The second-order valence-electron chi connectivity index (χ2n) is 9.97. The lowest BCUT2D eigenvalue weighted by Gasteiger charge is -2.26. The number of carbonyl (C=O) groups is 2. The Hall–Kier alpha value is -3.98. The molecular formula is C28H30FN5O3. The van der Waals surface area contributed by atoms with Crippen LogP contribution in [0.2, 0.25) is 0 Å². The van der Waals surface area contributed by atoms with E-state index in [1.807, 2.05) is 12.1 Å². The molecule has 2 amide bonds. The fraction of sp³-hybridized carbons (Fsp3) is 0.321. The highest BCUT2D eigenvalue weighted by molar-refractivity contribution is 6.07. The normalized spacial score (nSPS) is 14.6. The van der Waals surface area contributed by atoms with E-state index >= 15 is 0 Å². The number of nitrogens with one attached hydrogen (secondary N) is 3. The summed E-state index contributed by atoms with van der Waals surface area (Å²) in [6.07, 6.45) is 3.76. The van der Waals surface area contributed by atoms with Crippen LogP contribution in [0.4, 0.5) is 10.2 Å². The van der Waals surface area contributed by atoms with Crippen LogP contribution in [-0.2, 0) is 12.1 Å². The Morgan fingerprint density at radius 2 is 1.78 bits per heavy atom. The highest BCUT2D eigenvalue weighted by Crippen LogP contribution is 2.27. The highest BCUT2D eigenvalue weighted by atomic mass is 19.1. The van der Waals surface area contributed by atoms with Crippen LogP contribution < -0.4 is 10.6 Å². The van der Waals surface area contributed by atoms with Crippen LogP contribution in [0.15, 0.2) is 59.0 Å². The number of piperidine rings is 1. The second kappa shape index (κ2) is 10.2. The van der Waals surface area contributed by atoms with Crippen LogP contribution in [0.1, 0.15) is 65.1 Å². The SMILES string of the molecule is CC(C)(NC(=O)c1cc2[nH]nc(NC(=O)c3ccc(CN4CCCCC4)cc3)c2o1)c1ccccc1F. The van der Waals surface area contributed by atoms with Gasteiger partial charge in [-0.15, -0.1) is 0 Å². The maximum Gasteiger partial charge on any atom is 0.287 e. The Balaban J connectivity index is 1.26. The van der Waals surface area contributed by atoms with Crippen LogP contribution in [0.25, 0.3) is 11.1 Å². The molecule has 2 aromatic carbocycles. The smallest absolute Gasteiger partial charge is 0.287 e. The number of halogens is 1. The van der Waals surface area contributed by atoms with E-state index in [1.165, 1.54) is 37.0 Å². The molecule has 1 saturated heterocycles. The lowest BCUT2D eigenvalue weighted by atomic mass is 9.93. The van der Waals surface area contributed by atoms with E-state index in [0.29, 0.717) is 16.6 Å². The number of rotatable bonds is 7. The highest BCUT2D eigenvalue weighted by Gasteiger charge is 2.28. The Kier molecular flexibility index (Phi) is 6.80. The summed E-state index contributed by atoms with van der Waals surface area (Å²) < 4.78 is 20.0. The van der Waals surface area contributed by atoms with Crippen LogP contribution in [0, 0.1) is 5.82 Å². The third-order valence-corrected chi connectivity index (χ3v) is 6.74. The number of amides is 2. The van der Waals surface area contributed by atoms with Gasteiger partial charge in [-0.25, -0.2) is 4.39 Å². The summed E-state index contributed by atoms with van der Waals surface area (Å²) in [6.45, 7) is 6.53. The van der Waals surface area contributed by atoms with Gasteiger partial charge in [-0.3, -0.25) is 19.6 Å². The quantitative estimate of drug-likeness (QED) is 0.322. The average molecular weight is 504 g/mol. The van der Waals surface area contributed by atoms with Gasteiger partial charge in [0.05, 0.1) is 5.54 Å². The summed E-state index contributed by atoms with van der Waals surface area (Å²) in [7, 11) is 0. The first-order chi connectivity index (χ1) is 17.8. The molecule has 0 bridgehead atoms. The lowest BCUT2D eigenvalue weighted by molar-refractivity contribution is 0.0884. The molecule has 0 saturated carbocycles. The first-order valence-corrected chi connectivity index (χ1v) is 12.5. The Morgan fingerprint density at radius 3 is 2.51 bits per heavy atom. The van der Waals surface area contributed by atoms with Gasteiger partial charge >= 0.3 is 0 Å². The number of furan rings is 1. The maximum atomic E-state index is 14.3. The van der Waals surface area contributed by atoms with Gasteiger partial charge in [0.1, 0.15) is 11.3 Å². The molecule has 37 heavy (non-hydrogen) atoms.